The van der Waals surface area contributed by atoms with Crippen LogP contribution in [-0.2, 0) is 7.05 Å². The molecule has 1 saturated heterocycles. The third kappa shape index (κ3) is 2.64. The summed E-state index contributed by atoms with van der Waals surface area (Å²) in [5, 5.41) is 5.53. The van der Waals surface area contributed by atoms with Crippen LogP contribution in [0.1, 0.15) is 30.3 Å². The molecule has 3 rings (SSSR count). The quantitative estimate of drug-likeness (QED) is 0.800. The van der Waals surface area contributed by atoms with Crippen LogP contribution in [0.2, 0.25) is 0 Å². The lowest BCUT2D eigenvalue weighted by Gasteiger charge is -2.32. The molecule has 5 heteroatoms. The number of hydrogen-bond acceptors (Lipinski definition) is 2. The van der Waals surface area contributed by atoms with Crippen LogP contribution in [0, 0.1) is 5.92 Å². The Bertz CT molecular complexity index is 657. The van der Waals surface area contributed by atoms with E-state index in [1.54, 1.807) is 4.68 Å². The van der Waals surface area contributed by atoms with E-state index >= 15 is 0 Å². The van der Waals surface area contributed by atoms with Gasteiger partial charge in [-0.05, 0) is 31.7 Å². The molecule has 21 heavy (non-hydrogen) atoms. The van der Waals surface area contributed by atoms with Crippen molar-refractivity contribution in [3.63, 3.8) is 0 Å². The van der Waals surface area contributed by atoms with E-state index in [0.29, 0.717) is 11.6 Å². The molecule has 1 fully saturated rings. The first kappa shape index (κ1) is 14.4. The maximum atomic E-state index is 12.7. The van der Waals surface area contributed by atoms with Crippen LogP contribution in [0.4, 0.5) is 0 Å². The van der Waals surface area contributed by atoms with E-state index in [1.165, 1.54) is 0 Å². The Labute approximate surface area is 129 Å². The summed E-state index contributed by atoms with van der Waals surface area (Å²) < 4.78 is 1.77. The predicted molar refractivity (Wildman–Crippen MR) is 84.7 cm³/mol. The minimum absolute atomic E-state index is 0.0347. The third-order valence-electron chi connectivity index (χ3n) is 4.44. The summed E-state index contributed by atoms with van der Waals surface area (Å²) >= 11 is 6.16. The fourth-order valence-electron chi connectivity index (χ4n) is 3.08. The number of amides is 1. The van der Waals surface area contributed by atoms with Gasteiger partial charge in [-0.2, -0.15) is 5.10 Å². The molecule has 0 radical (unpaired) electrons. The number of para-hydroxylation sites is 1. The summed E-state index contributed by atoms with van der Waals surface area (Å²) in [5.41, 5.74) is 1.55. The number of aromatic nitrogens is 2. The molecule has 0 saturated carbocycles. The number of piperidine rings is 1. The first-order chi connectivity index (χ1) is 10.1. The van der Waals surface area contributed by atoms with E-state index in [1.807, 2.05) is 43.1 Å². The summed E-state index contributed by atoms with van der Waals surface area (Å²) in [6.07, 6.45) is 1.95. The van der Waals surface area contributed by atoms with Crippen molar-refractivity contribution in [3.05, 3.63) is 30.0 Å². The van der Waals surface area contributed by atoms with E-state index < -0.39 is 0 Å². The van der Waals surface area contributed by atoms with Crippen molar-refractivity contribution in [2.45, 2.75) is 25.1 Å². The normalized spacial score (nSPS) is 18.1. The molecular weight excluding hydrogens is 286 g/mol. The van der Waals surface area contributed by atoms with Gasteiger partial charge in [-0.1, -0.05) is 18.2 Å². The molecule has 1 amide bonds. The Balaban J connectivity index is 1.82. The van der Waals surface area contributed by atoms with Crippen molar-refractivity contribution in [3.8, 4) is 0 Å². The van der Waals surface area contributed by atoms with Crippen LogP contribution in [0.3, 0.4) is 0 Å². The van der Waals surface area contributed by atoms with Gasteiger partial charge in [0.15, 0.2) is 5.69 Å². The SMILES string of the molecule is CC(Cl)C1CCN(C(=O)c2nn(C)c3ccccc23)CC1. The third-order valence-corrected chi connectivity index (χ3v) is 4.79. The number of nitrogens with zero attached hydrogens (tertiary/aromatic N) is 3. The summed E-state index contributed by atoms with van der Waals surface area (Å²) in [4.78, 5) is 14.6. The minimum atomic E-state index is 0.0347. The van der Waals surface area contributed by atoms with Gasteiger partial charge in [-0.25, -0.2) is 0 Å². The first-order valence-corrected chi connectivity index (χ1v) is 7.86. The Morgan fingerprint density at radius 2 is 2.00 bits per heavy atom. The highest BCUT2D eigenvalue weighted by atomic mass is 35.5. The summed E-state index contributed by atoms with van der Waals surface area (Å²) in [6, 6.07) is 7.86. The monoisotopic (exact) mass is 305 g/mol. The first-order valence-electron chi connectivity index (χ1n) is 7.43. The summed E-state index contributed by atoms with van der Waals surface area (Å²) in [5.74, 6) is 0.545. The standard InChI is InChI=1S/C16H20ClN3O/c1-11(17)12-7-9-20(10-8-12)16(21)15-13-5-3-4-6-14(13)19(2)18-15/h3-6,11-12H,7-10H2,1-2H3. The van der Waals surface area contributed by atoms with Gasteiger partial charge in [0.2, 0.25) is 0 Å². The van der Waals surface area contributed by atoms with Gasteiger partial charge in [-0.3, -0.25) is 9.48 Å². The molecule has 1 aromatic heterocycles. The Kier molecular flexibility index (Phi) is 3.89. The van der Waals surface area contributed by atoms with Crippen molar-refractivity contribution in [1.29, 1.82) is 0 Å². The summed E-state index contributed by atoms with van der Waals surface area (Å²) in [7, 11) is 1.88. The van der Waals surface area contributed by atoms with E-state index in [-0.39, 0.29) is 11.3 Å². The second-order valence-electron chi connectivity index (χ2n) is 5.80. The molecule has 0 bridgehead atoms. The summed E-state index contributed by atoms with van der Waals surface area (Å²) in [6.45, 7) is 3.58. The second kappa shape index (κ2) is 5.68. The maximum Gasteiger partial charge on any atom is 0.275 e. The number of rotatable bonds is 2. The van der Waals surface area contributed by atoms with Crippen molar-refractivity contribution in [1.82, 2.24) is 14.7 Å². The fraction of sp³-hybridized carbons (Fsp3) is 0.500. The van der Waals surface area contributed by atoms with Gasteiger partial charge in [0.1, 0.15) is 0 Å². The zero-order chi connectivity index (χ0) is 15.0. The molecule has 1 unspecified atom stereocenters. The van der Waals surface area contributed by atoms with Crippen molar-refractivity contribution in [2.75, 3.05) is 13.1 Å². The molecular formula is C16H20ClN3O. The molecule has 1 aliphatic heterocycles. The Morgan fingerprint density at radius 3 is 2.67 bits per heavy atom. The van der Waals surface area contributed by atoms with Crippen molar-refractivity contribution < 1.29 is 4.79 Å². The molecule has 1 aromatic carbocycles. The van der Waals surface area contributed by atoms with Crippen LogP contribution >= 0.6 is 11.6 Å². The highest BCUT2D eigenvalue weighted by molar-refractivity contribution is 6.20. The molecule has 0 spiro atoms. The van der Waals surface area contributed by atoms with Gasteiger partial charge < -0.3 is 4.90 Å². The molecule has 4 nitrogen and oxygen atoms in total. The number of halogens is 1. The largest absolute Gasteiger partial charge is 0.337 e. The van der Waals surface area contributed by atoms with Crippen molar-refractivity contribution >= 4 is 28.4 Å². The van der Waals surface area contributed by atoms with Gasteiger partial charge in [0.25, 0.3) is 5.91 Å². The fourth-order valence-corrected chi connectivity index (χ4v) is 3.34. The average Bonchev–Trinajstić information content (AvgIpc) is 2.84. The van der Waals surface area contributed by atoms with Crippen LogP contribution < -0.4 is 0 Å². The number of likely N-dealkylation sites (tertiary alicyclic amines) is 1. The Hall–Kier alpha value is -1.55. The molecule has 2 heterocycles. The topological polar surface area (TPSA) is 38.1 Å². The molecule has 112 valence electrons. The van der Waals surface area contributed by atoms with Gasteiger partial charge in [0.05, 0.1) is 5.52 Å². The molecule has 0 N–H and O–H groups in total. The molecule has 2 aromatic rings. The number of alkyl halides is 1. The number of aryl methyl sites for hydroxylation is 1. The molecule has 1 aliphatic rings. The Morgan fingerprint density at radius 1 is 1.33 bits per heavy atom. The van der Waals surface area contributed by atoms with Gasteiger partial charge >= 0.3 is 0 Å². The number of fused-ring (bicyclic) bond motifs is 1. The average molecular weight is 306 g/mol. The number of carbonyl (C=O) groups is 1. The van der Waals surface area contributed by atoms with E-state index in [4.69, 9.17) is 11.6 Å². The van der Waals surface area contributed by atoms with E-state index in [0.717, 1.165) is 36.8 Å². The highest BCUT2D eigenvalue weighted by Crippen LogP contribution is 2.26. The zero-order valence-electron chi connectivity index (χ0n) is 12.4. The number of carbonyl (C=O) groups excluding carboxylic acids is 1. The lowest BCUT2D eigenvalue weighted by molar-refractivity contribution is 0.0685. The predicted octanol–water partition coefficient (Wildman–Crippen LogP) is 3.05. The van der Waals surface area contributed by atoms with E-state index in [2.05, 4.69) is 5.10 Å². The number of benzene rings is 1. The smallest absolute Gasteiger partial charge is 0.275 e. The minimum Gasteiger partial charge on any atom is -0.337 e. The molecule has 1 atom stereocenters. The second-order valence-corrected chi connectivity index (χ2v) is 6.48. The van der Waals surface area contributed by atoms with Crippen LogP contribution in [0.25, 0.3) is 10.9 Å². The zero-order valence-corrected chi connectivity index (χ0v) is 13.2. The van der Waals surface area contributed by atoms with Crippen LogP contribution in [0.15, 0.2) is 24.3 Å². The highest BCUT2D eigenvalue weighted by Gasteiger charge is 2.28. The lowest BCUT2D eigenvalue weighted by Crippen LogP contribution is -2.40. The van der Waals surface area contributed by atoms with Crippen molar-refractivity contribution in [2.24, 2.45) is 13.0 Å². The number of hydrogen-bond donors (Lipinski definition) is 0. The maximum absolute atomic E-state index is 12.7. The lowest BCUT2D eigenvalue weighted by atomic mass is 9.94. The van der Waals surface area contributed by atoms with Crippen LogP contribution in [-0.4, -0.2) is 39.1 Å². The van der Waals surface area contributed by atoms with Gasteiger partial charge in [-0.15, -0.1) is 11.6 Å². The van der Waals surface area contributed by atoms with E-state index in [9.17, 15) is 4.79 Å². The van der Waals surface area contributed by atoms with Gasteiger partial charge in [0, 0.05) is 30.9 Å². The van der Waals surface area contributed by atoms with Crippen LogP contribution in [0.5, 0.6) is 0 Å². The molecule has 0 aliphatic carbocycles.